The van der Waals surface area contributed by atoms with Crippen LogP contribution in [0, 0.1) is 11.3 Å². The van der Waals surface area contributed by atoms with Crippen molar-refractivity contribution in [3.63, 3.8) is 0 Å². The highest BCUT2D eigenvalue weighted by molar-refractivity contribution is 5.07. The molecule has 2 aliphatic carbocycles. The first kappa shape index (κ1) is 8.59. The van der Waals surface area contributed by atoms with E-state index in [9.17, 15) is 0 Å². The van der Waals surface area contributed by atoms with Gasteiger partial charge in [0, 0.05) is 0 Å². The summed E-state index contributed by atoms with van der Waals surface area (Å²) < 4.78 is 0. The standard InChI is InChI=1S/C12H21/c1-12(9-5-6-10-12)11-7-3-2-4-8-11/h2-10H2,1H3. The summed E-state index contributed by atoms with van der Waals surface area (Å²) in [5.74, 6) is 1.92. The van der Waals surface area contributed by atoms with Gasteiger partial charge in [-0.1, -0.05) is 39.0 Å². The van der Waals surface area contributed by atoms with Gasteiger partial charge >= 0.3 is 0 Å². The molecule has 0 atom stereocenters. The van der Waals surface area contributed by atoms with Gasteiger partial charge in [0.15, 0.2) is 0 Å². The van der Waals surface area contributed by atoms with Crippen molar-refractivity contribution in [3.05, 3.63) is 5.92 Å². The van der Waals surface area contributed by atoms with Crippen molar-refractivity contribution in [3.8, 4) is 0 Å². The van der Waals surface area contributed by atoms with Gasteiger partial charge in [-0.05, 0) is 37.0 Å². The van der Waals surface area contributed by atoms with Crippen LogP contribution < -0.4 is 0 Å². The third-order valence-electron chi connectivity index (χ3n) is 4.02. The zero-order valence-electron chi connectivity index (χ0n) is 8.36. The van der Waals surface area contributed by atoms with Gasteiger partial charge in [0.25, 0.3) is 0 Å². The lowest BCUT2D eigenvalue weighted by atomic mass is 9.69. The number of hydrogen-bond acceptors (Lipinski definition) is 0. The molecule has 0 aromatic rings. The molecule has 0 heteroatoms. The Labute approximate surface area is 76.7 Å². The highest BCUT2D eigenvalue weighted by Gasteiger charge is 2.37. The molecule has 1 radical (unpaired) electrons. The molecule has 0 bridgehead atoms. The van der Waals surface area contributed by atoms with Crippen LogP contribution in [-0.2, 0) is 0 Å². The van der Waals surface area contributed by atoms with Crippen molar-refractivity contribution in [2.75, 3.05) is 0 Å². The molecule has 0 unspecified atom stereocenters. The summed E-state index contributed by atoms with van der Waals surface area (Å²) in [5.41, 5.74) is 0.681. The van der Waals surface area contributed by atoms with Crippen LogP contribution in [0.2, 0.25) is 0 Å². The van der Waals surface area contributed by atoms with Gasteiger partial charge in [-0.2, -0.15) is 0 Å². The van der Waals surface area contributed by atoms with Crippen molar-refractivity contribution in [2.24, 2.45) is 5.41 Å². The van der Waals surface area contributed by atoms with E-state index < -0.39 is 0 Å². The third-order valence-corrected chi connectivity index (χ3v) is 4.02. The second-order valence-corrected chi connectivity index (χ2v) is 4.93. The maximum atomic E-state index is 2.51. The second kappa shape index (κ2) is 3.40. The van der Waals surface area contributed by atoms with Gasteiger partial charge < -0.3 is 0 Å². The van der Waals surface area contributed by atoms with Crippen molar-refractivity contribution in [2.45, 2.75) is 64.7 Å². The van der Waals surface area contributed by atoms with E-state index in [0.29, 0.717) is 5.41 Å². The van der Waals surface area contributed by atoms with Crippen LogP contribution in [0.25, 0.3) is 0 Å². The lowest BCUT2D eigenvalue weighted by Gasteiger charge is -2.36. The zero-order valence-corrected chi connectivity index (χ0v) is 8.36. The van der Waals surface area contributed by atoms with Crippen molar-refractivity contribution >= 4 is 0 Å². The minimum Gasteiger partial charge on any atom is -0.0591 e. The maximum absolute atomic E-state index is 2.51. The van der Waals surface area contributed by atoms with E-state index in [1.807, 2.05) is 5.92 Å². The third kappa shape index (κ3) is 1.53. The molecule has 0 spiro atoms. The van der Waals surface area contributed by atoms with E-state index in [1.54, 1.807) is 0 Å². The zero-order chi connectivity index (χ0) is 8.44. The van der Waals surface area contributed by atoms with E-state index in [2.05, 4.69) is 6.92 Å². The lowest BCUT2D eigenvalue weighted by molar-refractivity contribution is 0.293. The second-order valence-electron chi connectivity index (χ2n) is 4.93. The van der Waals surface area contributed by atoms with Crippen molar-refractivity contribution in [1.82, 2.24) is 0 Å². The lowest BCUT2D eigenvalue weighted by Crippen LogP contribution is -2.24. The molecule has 0 amide bonds. The van der Waals surface area contributed by atoms with Crippen molar-refractivity contribution in [1.29, 1.82) is 0 Å². The summed E-state index contributed by atoms with van der Waals surface area (Å²) in [5, 5.41) is 0. The van der Waals surface area contributed by atoms with Crippen LogP contribution in [0.4, 0.5) is 0 Å². The van der Waals surface area contributed by atoms with Gasteiger partial charge in [0.05, 0.1) is 0 Å². The highest BCUT2D eigenvalue weighted by atomic mass is 14.4. The minimum atomic E-state index is 0.681. The van der Waals surface area contributed by atoms with E-state index in [-0.39, 0.29) is 0 Å². The molecule has 0 heterocycles. The number of hydrogen-bond donors (Lipinski definition) is 0. The predicted octanol–water partition coefficient (Wildman–Crippen LogP) is 4.11. The number of rotatable bonds is 1. The molecule has 2 aliphatic rings. The average Bonchev–Trinajstić information content (AvgIpc) is 2.55. The molecule has 0 aromatic heterocycles. The van der Waals surface area contributed by atoms with Crippen LogP contribution in [0.5, 0.6) is 0 Å². The van der Waals surface area contributed by atoms with Crippen molar-refractivity contribution < 1.29 is 0 Å². The highest BCUT2D eigenvalue weighted by Crippen LogP contribution is 2.50. The smallest absolute Gasteiger partial charge is 0.0182 e. The minimum absolute atomic E-state index is 0.681. The molecule has 69 valence electrons. The quantitative estimate of drug-likeness (QED) is 0.548. The molecule has 2 saturated carbocycles. The topological polar surface area (TPSA) is 0 Å². The largest absolute Gasteiger partial charge is 0.0591 e. The van der Waals surface area contributed by atoms with E-state index in [1.165, 1.54) is 57.8 Å². The first-order valence-electron chi connectivity index (χ1n) is 5.66. The Morgan fingerprint density at radius 3 is 2.00 bits per heavy atom. The summed E-state index contributed by atoms with van der Waals surface area (Å²) in [4.78, 5) is 0. The van der Waals surface area contributed by atoms with Crippen LogP contribution >= 0.6 is 0 Å². The van der Waals surface area contributed by atoms with E-state index in [4.69, 9.17) is 0 Å². The summed E-state index contributed by atoms with van der Waals surface area (Å²) in [6.07, 6.45) is 13.3. The fourth-order valence-corrected chi connectivity index (χ4v) is 3.09. The Kier molecular flexibility index (Phi) is 2.43. The van der Waals surface area contributed by atoms with Gasteiger partial charge in [0.1, 0.15) is 0 Å². The van der Waals surface area contributed by atoms with Gasteiger partial charge in [-0.25, -0.2) is 0 Å². The monoisotopic (exact) mass is 165 g/mol. The van der Waals surface area contributed by atoms with Crippen LogP contribution in [-0.4, -0.2) is 0 Å². The Morgan fingerprint density at radius 1 is 0.833 bits per heavy atom. The Bertz CT molecular complexity index is 136. The first-order valence-corrected chi connectivity index (χ1v) is 5.66. The molecular weight excluding hydrogens is 144 g/mol. The molecule has 12 heavy (non-hydrogen) atoms. The molecule has 0 saturated heterocycles. The normalized spacial score (nSPS) is 30.8. The molecule has 0 aliphatic heterocycles. The summed E-state index contributed by atoms with van der Waals surface area (Å²) >= 11 is 0. The van der Waals surface area contributed by atoms with Gasteiger partial charge in [-0.15, -0.1) is 0 Å². The SMILES string of the molecule is CC1([C]2CCCCC2)CCCC1. The molecule has 2 rings (SSSR count). The average molecular weight is 165 g/mol. The predicted molar refractivity (Wildman–Crippen MR) is 52.9 cm³/mol. The summed E-state index contributed by atoms with van der Waals surface area (Å²) in [6.45, 7) is 2.51. The maximum Gasteiger partial charge on any atom is -0.0182 e. The summed E-state index contributed by atoms with van der Waals surface area (Å²) in [7, 11) is 0. The van der Waals surface area contributed by atoms with Crippen LogP contribution in [0.3, 0.4) is 0 Å². The molecule has 0 aromatic carbocycles. The summed E-state index contributed by atoms with van der Waals surface area (Å²) in [6, 6.07) is 0. The molecule has 2 fully saturated rings. The van der Waals surface area contributed by atoms with Crippen LogP contribution in [0.15, 0.2) is 0 Å². The Morgan fingerprint density at radius 2 is 1.42 bits per heavy atom. The molecular formula is C12H21. The molecule has 0 N–H and O–H groups in total. The first-order chi connectivity index (χ1) is 5.81. The Balaban J connectivity index is 1.96. The fourth-order valence-electron chi connectivity index (χ4n) is 3.09. The van der Waals surface area contributed by atoms with E-state index in [0.717, 1.165) is 0 Å². The van der Waals surface area contributed by atoms with Gasteiger partial charge in [-0.3, -0.25) is 0 Å². The molecule has 0 nitrogen and oxygen atoms in total. The van der Waals surface area contributed by atoms with Crippen LogP contribution in [0.1, 0.15) is 64.7 Å². The van der Waals surface area contributed by atoms with Gasteiger partial charge in [0.2, 0.25) is 0 Å². The Hall–Kier alpha value is 0. The fraction of sp³-hybridized carbons (Fsp3) is 0.917. The van der Waals surface area contributed by atoms with E-state index >= 15 is 0 Å².